The normalized spacial score (nSPS) is 16.9. The molecule has 0 atom stereocenters. The monoisotopic (exact) mass is 200 g/mol. The van der Waals surface area contributed by atoms with Crippen LogP contribution in [-0.4, -0.2) is 11.1 Å². The van der Waals surface area contributed by atoms with Crippen molar-refractivity contribution >= 4 is 15.9 Å². The first-order valence-electron chi connectivity index (χ1n) is 3.41. The minimum atomic E-state index is 1.01. The van der Waals surface area contributed by atoms with Crippen molar-refractivity contribution in [3.8, 4) is 0 Å². The lowest BCUT2D eigenvalue weighted by molar-refractivity contribution is 0.516. The van der Waals surface area contributed by atoms with Crippen LogP contribution in [0.2, 0.25) is 0 Å². The van der Waals surface area contributed by atoms with Gasteiger partial charge in [-0.1, -0.05) is 0 Å². The molecule has 0 saturated heterocycles. The summed E-state index contributed by atoms with van der Waals surface area (Å²) in [5.74, 6) is 0. The Morgan fingerprint density at radius 3 is 3.30 bits per heavy atom. The van der Waals surface area contributed by atoms with E-state index < -0.39 is 0 Å². The van der Waals surface area contributed by atoms with E-state index in [-0.39, 0.29) is 0 Å². The summed E-state index contributed by atoms with van der Waals surface area (Å²) in [6.07, 6.45) is 2.14. The summed E-state index contributed by atoms with van der Waals surface area (Å²) in [5.41, 5.74) is 1.37. The highest BCUT2D eigenvalue weighted by molar-refractivity contribution is 9.10. The van der Waals surface area contributed by atoms with Crippen LogP contribution >= 0.6 is 15.9 Å². The van der Waals surface area contributed by atoms with Crippen molar-refractivity contribution in [1.82, 2.24) is 9.88 Å². The second-order valence-electron chi connectivity index (χ2n) is 2.52. The van der Waals surface area contributed by atoms with Crippen molar-refractivity contribution in [2.24, 2.45) is 0 Å². The molecule has 2 nitrogen and oxygen atoms in total. The third kappa shape index (κ3) is 0.995. The highest BCUT2D eigenvalue weighted by atomic mass is 79.9. The van der Waals surface area contributed by atoms with Gasteiger partial charge in [0.05, 0.1) is 0 Å². The van der Waals surface area contributed by atoms with E-state index in [1.54, 1.807) is 0 Å². The van der Waals surface area contributed by atoms with E-state index in [0.717, 1.165) is 19.6 Å². The van der Waals surface area contributed by atoms with Crippen LogP contribution in [0.1, 0.15) is 5.69 Å². The highest BCUT2D eigenvalue weighted by Gasteiger charge is 2.07. The topological polar surface area (TPSA) is 17.0 Å². The summed E-state index contributed by atoms with van der Waals surface area (Å²) in [4.78, 5) is 0. The Hall–Kier alpha value is -0.280. The van der Waals surface area contributed by atoms with Gasteiger partial charge in [-0.05, 0) is 22.0 Å². The average Bonchev–Trinajstić information content (AvgIpc) is 2.27. The van der Waals surface area contributed by atoms with E-state index in [2.05, 4.69) is 38.1 Å². The van der Waals surface area contributed by atoms with Crippen molar-refractivity contribution < 1.29 is 0 Å². The Balaban J connectivity index is 2.41. The lowest BCUT2D eigenvalue weighted by Crippen LogP contribution is -2.27. The van der Waals surface area contributed by atoms with E-state index in [1.165, 1.54) is 10.2 Å². The van der Waals surface area contributed by atoms with Gasteiger partial charge in [-0.15, -0.1) is 0 Å². The van der Waals surface area contributed by atoms with Crippen molar-refractivity contribution in [1.29, 1.82) is 0 Å². The van der Waals surface area contributed by atoms with E-state index in [9.17, 15) is 0 Å². The predicted octanol–water partition coefficient (Wildman–Crippen LogP) is 1.35. The minimum Gasteiger partial charge on any atom is -0.348 e. The van der Waals surface area contributed by atoms with Crippen LogP contribution in [-0.2, 0) is 13.1 Å². The van der Waals surface area contributed by atoms with Crippen LogP contribution < -0.4 is 5.32 Å². The smallest absolute Gasteiger partial charge is 0.0360 e. The van der Waals surface area contributed by atoms with Gasteiger partial charge in [0.1, 0.15) is 0 Å². The van der Waals surface area contributed by atoms with Gasteiger partial charge in [-0.2, -0.15) is 0 Å². The maximum atomic E-state index is 3.44. The second kappa shape index (κ2) is 2.40. The number of hydrogen-bond donors (Lipinski definition) is 1. The number of nitrogens with one attached hydrogen (secondary N) is 1. The fourth-order valence-corrected chi connectivity index (χ4v) is 1.80. The Morgan fingerprint density at radius 2 is 2.50 bits per heavy atom. The predicted molar refractivity (Wildman–Crippen MR) is 43.8 cm³/mol. The fraction of sp³-hybridized carbons (Fsp3) is 0.429. The first kappa shape index (κ1) is 6.43. The van der Waals surface area contributed by atoms with E-state index in [4.69, 9.17) is 0 Å². The molecule has 1 N–H and O–H groups in total. The summed E-state index contributed by atoms with van der Waals surface area (Å²) in [5, 5.41) is 3.31. The van der Waals surface area contributed by atoms with Crippen LogP contribution in [0.4, 0.5) is 0 Å². The zero-order valence-corrected chi connectivity index (χ0v) is 7.19. The molecule has 0 unspecified atom stereocenters. The number of nitrogens with zero attached hydrogens (tertiary/aromatic N) is 1. The Bertz CT molecular complexity index is 218. The first-order valence-corrected chi connectivity index (χ1v) is 4.21. The number of hydrogen-bond acceptors (Lipinski definition) is 1. The van der Waals surface area contributed by atoms with Gasteiger partial charge < -0.3 is 9.88 Å². The zero-order chi connectivity index (χ0) is 6.97. The lowest BCUT2D eigenvalue weighted by atomic mass is 10.3. The fourth-order valence-electron chi connectivity index (χ4n) is 1.29. The summed E-state index contributed by atoms with van der Waals surface area (Å²) < 4.78 is 3.46. The third-order valence-electron chi connectivity index (χ3n) is 1.79. The van der Waals surface area contributed by atoms with Crippen molar-refractivity contribution in [2.75, 3.05) is 6.54 Å². The molecule has 1 aromatic heterocycles. The molecule has 3 heteroatoms. The quantitative estimate of drug-likeness (QED) is 0.670. The molecule has 54 valence electrons. The second-order valence-corrected chi connectivity index (χ2v) is 3.44. The standard InChI is InChI=1S/C7H9BrN2/c8-6-3-7-4-9-1-2-10(7)5-6/h3,5,9H,1-2,4H2. The molecule has 0 bridgehead atoms. The Morgan fingerprint density at radius 1 is 1.60 bits per heavy atom. The van der Waals surface area contributed by atoms with Crippen LogP contribution in [0.3, 0.4) is 0 Å². The number of rotatable bonds is 0. The summed E-state index contributed by atoms with van der Waals surface area (Å²) in [7, 11) is 0. The minimum absolute atomic E-state index is 1.01. The molecule has 1 aliphatic rings. The Kier molecular flexibility index (Phi) is 1.54. The molecule has 0 fully saturated rings. The molecule has 0 spiro atoms. The molecule has 2 heterocycles. The number of halogens is 1. The average molecular weight is 201 g/mol. The number of aromatic nitrogens is 1. The summed E-state index contributed by atoms with van der Waals surface area (Å²) >= 11 is 3.44. The summed E-state index contributed by atoms with van der Waals surface area (Å²) in [6.45, 7) is 3.20. The maximum Gasteiger partial charge on any atom is 0.0360 e. The van der Waals surface area contributed by atoms with E-state index in [0.29, 0.717) is 0 Å². The van der Waals surface area contributed by atoms with Gasteiger partial charge in [-0.25, -0.2) is 0 Å². The molecule has 1 aromatic rings. The molecule has 0 aromatic carbocycles. The number of fused-ring (bicyclic) bond motifs is 1. The molecule has 0 aliphatic carbocycles. The van der Waals surface area contributed by atoms with Crippen LogP contribution in [0.25, 0.3) is 0 Å². The van der Waals surface area contributed by atoms with Gasteiger partial charge >= 0.3 is 0 Å². The van der Waals surface area contributed by atoms with Gasteiger partial charge in [0, 0.05) is 36.0 Å². The largest absolute Gasteiger partial charge is 0.348 e. The van der Waals surface area contributed by atoms with E-state index in [1.807, 2.05) is 0 Å². The molecule has 0 saturated carbocycles. The highest BCUT2D eigenvalue weighted by Crippen LogP contribution is 2.16. The molecule has 0 amide bonds. The van der Waals surface area contributed by atoms with Crippen molar-refractivity contribution in [3.63, 3.8) is 0 Å². The summed E-state index contributed by atoms with van der Waals surface area (Å²) in [6, 6.07) is 2.16. The zero-order valence-electron chi connectivity index (χ0n) is 5.60. The van der Waals surface area contributed by atoms with Crippen molar-refractivity contribution in [3.05, 3.63) is 22.4 Å². The van der Waals surface area contributed by atoms with Crippen LogP contribution in [0.15, 0.2) is 16.7 Å². The molecular weight excluding hydrogens is 192 g/mol. The molecule has 1 aliphatic heterocycles. The van der Waals surface area contributed by atoms with Gasteiger partial charge in [0.2, 0.25) is 0 Å². The Labute approximate surface area is 68.4 Å². The van der Waals surface area contributed by atoms with Gasteiger partial charge in [0.25, 0.3) is 0 Å². The first-order chi connectivity index (χ1) is 4.86. The molecule has 0 radical (unpaired) electrons. The van der Waals surface area contributed by atoms with Crippen LogP contribution in [0, 0.1) is 0 Å². The van der Waals surface area contributed by atoms with E-state index >= 15 is 0 Å². The molecule has 2 rings (SSSR count). The lowest BCUT2D eigenvalue weighted by Gasteiger charge is -2.15. The SMILES string of the molecule is Brc1cc2n(c1)CCNC2. The van der Waals surface area contributed by atoms with Crippen molar-refractivity contribution in [2.45, 2.75) is 13.1 Å². The molecule has 10 heavy (non-hydrogen) atoms. The van der Waals surface area contributed by atoms with Gasteiger partial charge in [0.15, 0.2) is 0 Å². The van der Waals surface area contributed by atoms with Crippen LogP contribution in [0.5, 0.6) is 0 Å². The van der Waals surface area contributed by atoms with Gasteiger partial charge in [-0.3, -0.25) is 0 Å². The third-order valence-corrected chi connectivity index (χ3v) is 2.22. The molecular formula is C7H9BrN2. The maximum absolute atomic E-state index is 3.44.